The number of rotatable bonds is 4. The van der Waals surface area contributed by atoms with Crippen LogP contribution in [-0.4, -0.2) is 33.3 Å². The number of ether oxygens (including phenoxy) is 1. The number of aryl methyl sites for hydroxylation is 1. The van der Waals surface area contributed by atoms with Crippen LogP contribution in [0.2, 0.25) is 0 Å². The molecule has 0 saturated heterocycles. The predicted molar refractivity (Wildman–Crippen MR) is 65.1 cm³/mol. The van der Waals surface area contributed by atoms with Gasteiger partial charge in [-0.3, -0.25) is 0 Å². The van der Waals surface area contributed by atoms with Crippen LogP contribution in [0.4, 0.5) is 4.79 Å². The van der Waals surface area contributed by atoms with E-state index >= 15 is 0 Å². The first-order valence-electron chi connectivity index (χ1n) is 5.84. The zero-order valence-electron chi connectivity index (χ0n) is 11.5. The lowest BCUT2D eigenvalue weighted by molar-refractivity contribution is -0.308. The number of nitrogens with zero attached hydrogens (tertiary/aromatic N) is 2. The van der Waals surface area contributed by atoms with Crippen molar-refractivity contribution in [2.24, 2.45) is 7.05 Å². The summed E-state index contributed by atoms with van der Waals surface area (Å²) < 4.78 is 6.68. The molecule has 0 aromatic carbocycles. The van der Waals surface area contributed by atoms with Crippen molar-refractivity contribution in [2.45, 2.75) is 38.8 Å². The minimum atomic E-state index is -1.38. The Bertz CT molecular complexity index is 462. The lowest BCUT2D eigenvalue weighted by Gasteiger charge is -2.23. The maximum absolute atomic E-state index is 11.5. The van der Waals surface area contributed by atoms with E-state index in [1.165, 1.54) is 0 Å². The van der Waals surface area contributed by atoms with E-state index in [0.717, 1.165) is 0 Å². The fourth-order valence-corrected chi connectivity index (χ4v) is 1.42. The molecule has 0 fully saturated rings. The molecular weight excluding hydrogens is 250 g/mol. The topological polar surface area (TPSA) is 96.3 Å². The molecule has 7 nitrogen and oxygen atoms in total. The number of aliphatic carboxylic acids is 1. The summed E-state index contributed by atoms with van der Waals surface area (Å²) in [7, 11) is 1.77. The number of nitrogens with one attached hydrogen (secondary N) is 1. The first-order valence-corrected chi connectivity index (χ1v) is 5.84. The van der Waals surface area contributed by atoms with Crippen LogP contribution in [0.25, 0.3) is 0 Å². The predicted octanol–water partition coefficient (Wildman–Crippen LogP) is -0.394. The van der Waals surface area contributed by atoms with Crippen molar-refractivity contribution in [3.05, 3.63) is 18.2 Å². The number of carbonyl (C=O) groups is 2. The van der Waals surface area contributed by atoms with E-state index in [4.69, 9.17) is 4.74 Å². The van der Waals surface area contributed by atoms with Gasteiger partial charge in [0.1, 0.15) is 5.60 Å². The highest BCUT2D eigenvalue weighted by atomic mass is 16.6. The van der Waals surface area contributed by atoms with Crippen LogP contribution >= 0.6 is 0 Å². The molecule has 106 valence electrons. The summed E-state index contributed by atoms with van der Waals surface area (Å²) in [4.78, 5) is 26.5. The number of hydrogen-bond donors (Lipinski definition) is 1. The molecule has 1 aromatic rings. The second-order valence-electron chi connectivity index (χ2n) is 5.25. The molecule has 1 heterocycles. The van der Waals surface area contributed by atoms with Gasteiger partial charge < -0.3 is 24.5 Å². The normalized spacial score (nSPS) is 12.8. The molecule has 1 aromatic heterocycles. The molecule has 0 bridgehead atoms. The van der Waals surface area contributed by atoms with Crippen LogP contribution in [-0.2, 0) is 23.0 Å². The van der Waals surface area contributed by atoms with Crippen LogP contribution in [0.15, 0.2) is 12.5 Å². The standard InChI is InChI=1S/C12H19N3O4/c1-12(2,3)19-11(18)14-9(10(16)17)5-8-6-15(4)7-13-8/h6-7,9H,5H2,1-4H3,(H,14,18)(H,16,17)/p-1/t9-/m1/s1. The molecule has 0 radical (unpaired) electrons. The number of carbonyl (C=O) groups excluding carboxylic acids is 2. The maximum atomic E-state index is 11.5. The van der Waals surface area contributed by atoms with Gasteiger partial charge >= 0.3 is 6.09 Å². The number of alkyl carbamates (subject to hydrolysis) is 1. The number of carboxylic acids is 1. The van der Waals surface area contributed by atoms with Crippen LogP contribution in [0.5, 0.6) is 0 Å². The van der Waals surface area contributed by atoms with Crippen molar-refractivity contribution < 1.29 is 19.4 Å². The van der Waals surface area contributed by atoms with Crippen LogP contribution in [0, 0.1) is 0 Å². The van der Waals surface area contributed by atoms with Crippen molar-refractivity contribution in [2.75, 3.05) is 0 Å². The van der Waals surface area contributed by atoms with Gasteiger partial charge in [0.25, 0.3) is 0 Å². The lowest BCUT2D eigenvalue weighted by atomic mass is 10.1. The van der Waals surface area contributed by atoms with E-state index in [-0.39, 0.29) is 6.42 Å². The third-order valence-corrected chi connectivity index (χ3v) is 2.15. The van der Waals surface area contributed by atoms with Gasteiger partial charge in [0.05, 0.1) is 24.0 Å². The Hall–Kier alpha value is -2.05. The Morgan fingerprint density at radius 3 is 2.58 bits per heavy atom. The van der Waals surface area contributed by atoms with Crippen molar-refractivity contribution in [3.8, 4) is 0 Å². The van der Waals surface area contributed by atoms with E-state index in [0.29, 0.717) is 5.69 Å². The molecule has 1 atom stereocenters. The molecule has 0 unspecified atom stereocenters. The molecule has 0 aliphatic carbocycles. The molecule has 0 aliphatic rings. The zero-order chi connectivity index (χ0) is 14.6. The van der Waals surface area contributed by atoms with Gasteiger partial charge in [0.2, 0.25) is 0 Å². The Kier molecular flexibility index (Phi) is 4.52. The summed E-state index contributed by atoms with van der Waals surface area (Å²) in [5.41, 5.74) is -0.140. The molecule has 0 aliphatic heterocycles. The van der Waals surface area contributed by atoms with Gasteiger partial charge in [0.15, 0.2) is 0 Å². The van der Waals surface area contributed by atoms with Crippen molar-refractivity contribution in [3.63, 3.8) is 0 Å². The van der Waals surface area contributed by atoms with Crippen LogP contribution < -0.4 is 10.4 Å². The van der Waals surface area contributed by atoms with Gasteiger partial charge in [-0.25, -0.2) is 9.78 Å². The highest BCUT2D eigenvalue weighted by molar-refractivity contribution is 5.78. The zero-order valence-corrected chi connectivity index (χ0v) is 11.5. The van der Waals surface area contributed by atoms with Gasteiger partial charge in [-0.15, -0.1) is 0 Å². The van der Waals surface area contributed by atoms with E-state index in [9.17, 15) is 14.7 Å². The monoisotopic (exact) mass is 268 g/mol. The minimum Gasteiger partial charge on any atom is -0.548 e. The van der Waals surface area contributed by atoms with Gasteiger partial charge in [0, 0.05) is 19.7 Å². The van der Waals surface area contributed by atoms with E-state index in [2.05, 4.69) is 10.3 Å². The Morgan fingerprint density at radius 1 is 1.53 bits per heavy atom. The summed E-state index contributed by atoms with van der Waals surface area (Å²) in [6.45, 7) is 5.08. The third-order valence-electron chi connectivity index (χ3n) is 2.15. The van der Waals surface area contributed by atoms with Crippen molar-refractivity contribution in [1.29, 1.82) is 0 Å². The molecule has 7 heteroatoms. The highest BCUT2D eigenvalue weighted by Gasteiger charge is 2.20. The molecule has 0 spiro atoms. The number of amides is 1. The summed E-state index contributed by atoms with van der Waals surface area (Å²) in [5.74, 6) is -1.38. The summed E-state index contributed by atoms with van der Waals surface area (Å²) in [6, 6.07) is -1.18. The number of aromatic nitrogens is 2. The average Bonchev–Trinajstić information content (AvgIpc) is 2.60. The van der Waals surface area contributed by atoms with Crippen LogP contribution in [0.1, 0.15) is 26.5 Å². The smallest absolute Gasteiger partial charge is 0.408 e. The average molecular weight is 268 g/mol. The van der Waals surface area contributed by atoms with Gasteiger partial charge in [-0.2, -0.15) is 0 Å². The largest absolute Gasteiger partial charge is 0.548 e. The first kappa shape index (κ1) is 15.0. The third kappa shape index (κ3) is 5.41. The van der Waals surface area contributed by atoms with E-state index < -0.39 is 23.7 Å². The quantitative estimate of drug-likeness (QED) is 0.802. The van der Waals surface area contributed by atoms with Gasteiger partial charge in [-0.05, 0) is 20.8 Å². The second-order valence-corrected chi connectivity index (χ2v) is 5.25. The summed E-state index contributed by atoms with van der Waals surface area (Å²) in [5, 5.41) is 13.3. The molecule has 0 saturated carbocycles. The van der Waals surface area contributed by atoms with Gasteiger partial charge in [-0.1, -0.05) is 0 Å². The molecular formula is C12H18N3O4-. The summed E-state index contributed by atoms with van der Waals surface area (Å²) >= 11 is 0. The second kappa shape index (κ2) is 5.73. The Morgan fingerprint density at radius 2 is 2.16 bits per heavy atom. The Labute approximate surface area is 111 Å². The molecule has 1 amide bonds. The fraction of sp³-hybridized carbons (Fsp3) is 0.583. The SMILES string of the molecule is Cn1cnc(C[C@@H](NC(=O)OC(C)(C)C)C(=O)[O-])c1. The maximum Gasteiger partial charge on any atom is 0.408 e. The minimum absolute atomic E-state index is 0.0441. The number of carboxylic acid groups (broad SMARTS) is 1. The molecule has 1 rings (SSSR count). The van der Waals surface area contributed by atoms with Crippen molar-refractivity contribution in [1.82, 2.24) is 14.9 Å². The first-order chi connectivity index (χ1) is 8.67. The highest BCUT2D eigenvalue weighted by Crippen LogP contribution is 2.07. The lowest BCUT2D eigenvalue weighted by Crippen LogP contribution is -2.50. The van der Waals surface area contributed by atoms with Crippen molar-refractivity contribution >= 4 is 12.1 Å². The molecule has 1 N–H and O–H groups in total. The van der Waals surface area contributed by atoms with Crippen LogP contribution in [0.3, 0.4) is 0 Å². The Balaban J connectivity index is 2.63. The fourth-order valence-electron chi connectivity index (χ4n) is 1.42. The number of hydrogen-bond acceptors (Lipinski definition) is 5. The van der Waals surface area contributed by atoms with E-state index in [1.54, 1.807) is 44.9 Å². The summed E-state index contributed by atoms with van der Waals surface area (Å²) in [6.07, 6.45) is 2.47. The number of imidazole rings is 1. The van der Waals surface area contributed by atoms with E-state index in [1.807, 2.05) is 0 Å². The molecule has 19 heavy (non-hydrogen) atoms.